The summed E-state index contributed by atoms with van der Waals surface area (Å²) in [5.74, 6) is -1.69. The van der Waals surface area contributed by atoms with Crippen molar-refractivity contribution in [3.05, 3.63) is 59.4 Å². The first-order chi connectivity index (χ1) is 15.7. The van der Waals surface area contributed by atoms with Crippen LogP contribution in [-0.2, 0) is 19.6 Å². The van der Waals surface area contributed by atoms with Gasteiger partial charge in [-0.15, -0.1) is 0 Å². The molecular formula is C24H28FN3O4S. The smallest absolute Gasteiger partial charge is 0.243 e. The molecule has 33 heavy (non-hydrogen) atoms. The lowest BCUT2D eigenvalue weighted by Crippen LogP contribution is -2.42. The van der Waals surface area contributed by atoms with Crippen LogP contribution in [0.2, 0.25) is 0 Å². The van der Waals surface area contributed by atoms with Crippen LogP contribution in [0.3, 0.4) is 0 Å². The second-order valence-electron chi connectivity index (χ2n) is 8.64. The van der Waals surface area contributed by atoms with E-state index in [1.54, 1.807) is 9.80 Å². The molecule has 2 fully saturated rings. The molecule has 0 aromatic heterocycles. The highest BCUT2D eigenvalue weighted by atomic mass is 32.2. The van der Waals surface area contributed by atoms with E-state index in [9.17, 15) is 22.4 Å². The van der Waals surface area contributed by atoms with Gasteiger partial charge in [0.15, 0.2) is 0 Å². The fraction of sp³-hybridized carbons (Fsp3) is 0.417. The summed E-state index contributed by atoms with van der Waals surface area (Å²) >= 11 is 0. The van der Waals surface area contributed by atoms with Crippen LogP contribution in [0.15, 0.2) is 47.4 Å². The van der Waals surface area contributed by atoms with E-state index in [0.29, 0.717) is 25.9 Å². The monoisotopic (exact) mass is 473 g/mol. The number of hydrogen-bond donors (Lipinski definition) is 0. The van der Waals surface area contributed by atoms with E-state index in [4.69, 9.17) is 0 Å². The van der Waals surface area contributed by atoms with Crippen LogP contribution in [0, 0.1) is 25.6 Å². The Morgan fingerprint density at radius 3 is 2.36 bits per heavy atom. The second kappa shape index (κ2) is 9.23. The van der Waals surface area contributed by atoms with Gasteiger partial charge in [-0.3, -0.25) is 9.59 Å². The molecule has 2 aliphatic rings. The number of aryl methyl sites for hydroxylation is 2. The molecule has 2 saturated heterocycles. The topological polar surface area (TPSA) is 78.0 Å². The van der Waals surface area contributed by atoms with Crippen molar-refractivity contribution in [1.29, 1.82) is 0 Å². The summed E-state index contributed by atoms with van der Waals surface area (Å²) in [6.45, 7) is 5.48. The molecular weight excluding hydrogens is 445 g/mol. The number of carbonyl (C=O) groups excluding carboxylic acids is 2. The van der Waals surface area contributed by atoms with Crippen molar-refractivity contribution in [2.45, 2.75) is 31.6 Å². The number of nitrogens with zero attached hydrogens (tertiary/aromatic N) is 3. The number of rotatable bonds is 4. The first kappa shape index (κ1) is 23.4. The number of anilines is 1. The van der Waals surface area contributed by atoms with Crippen LogP contribution < -0.4 is 4.90 Å². The molecule has 176 valence electrons. The quantitative estimate of drug-likeness (QED) is 0.640. The van der Waals surface area contributed by atoms with Crippen molar-refractivity contribution >= 4 is 27.5 Å². The van der Waals surface area contributed by atoms with Gasteiger partial charge in [-0.25, -0.2) is 12.8 Å². The summed E-state index contributed by atoms with van der Waals surface area (Å²) in [5.41, 5.74) is 3.03. The maximum atomic E-state index is 13.2. The SMILES string of the molecule is Cc1ccc(N2CCC(C(=O)N3CCCN(S(=O)(=O)c4ccc(F)cc4)CC3)C2=O)cc1C. The molecule has 2 aromatic rings. The van der Waals surface area contributed by atoms with Crippen LogP contribution in [0.5, 0.6) is 0 Å². The minimum absolute atomic E-state index is 0.0266. The predicted molar refractivity (Wildman–Crippen MR) is 123 cm³/mol. The molecule has 9 heteroatoms. The summed E-state index contributed by atoms with van der Waals surface area (Å²) < 4.78 is 40.4. The van der Waals surface area contributed by atoms with Gasteiger partial charge >= 0.3 is 0 Å². The minimum atomic E-state index is -3.78. The third-order valence-corrected chi connectivity index (χ3v) is 8.44. The Balaban J connectivity index is 1.43. The van der Waals surface area contributed by atoms with E-state index in [2.05, 4.69) is 0 Å². The maximum Gasteiger partial charge on any atom is 0.243 e. The molecule has 0 N–H and O–H groups in total. The van der Waals surface area contributed by atoms with Crippen molar-refractivity contribution in [3.63, 3.8) is 0 Å². The minimum Gasteiger partial charge on any atom is -0.341 e. The van der Waals surface area contributed by atoms with Gasteiger partial charge in [0.1, 0.15) is 11.7 Å². The molecule has 0 spiro atoms. The van der Waals surface area contributed by atoms with E-state index >= 15 is 0 Å². The van der Waals surface area contributed by atoms with Crippen LogP contribution in [0.25, 0.3) is 0 Å². The molecule has 2 aliphatic heterocycles. The number of sulfonamides is 1. The summed E-state index contributed by atoms with van der Waals surface area (Å²) in [7, 11) is -3.78. The Morgan fingerprint density at radius 1 is 0.939 bits per heavy atom. The van der Waals surface area contributed by atoms with Crippen LogP contribution in [0.1, 0.15) is 24.0 Å². The van der Waals surface area contributed by atoms with Crippen molar-refractivity contribution in [2.24, 2.45) is 5.92 Å². The largest absolute Gasteiger partial charge is 0.341 e. The third kappa shape index (κ3) is 4.65. The Labute approximate surface area is 193 Å². The Hall–Kier alpha value is -2.78. The first-order valence-corrected chi connectivity index (χ1v) is 12.6. The Kier molecular flexibility index (Phi) is 6.54. The zero-order chi connectivity index (χ0) is 23.8. The lowest BCUT2D eigenvalue weighted by atomic mass is 10.1. The summed E-state index contributed by atoms with van der Waals surface area (Å²) in [5, 5.41) is 0. The molecule has 1 atom stereocenters. The van der Waals surface area contributed by atoms with Gasteiger partial charge < -0.3 is 9.80 Å². The van der Waals surface area contributed by atoms with Crippen LogP contribution in [0.4, 0.5) is 10.1 Å². The highest BCUT2D eigenvalue weighted by molar-refractivity contribution is 7.89. The van der Waals surface area contributed by atoms with E-state index < -0.39 is 21.8 Å². The van der Waals surface area contributed by atoms with Crippen molar-refractivity contribution in [2.75, 3.05) is 37.6 Å². The van der Waals surface area contributed by atoms with E-state index in [1.165, 1.54) is 16.4 Å². The standard InChI is InChI=1S/C24H28FN3O4S/c1-17-4-7-20(16-18(17)2)28-13-10-22(24(28)30)23(29)26-11-3-12-27(15-14-26)33(31,32)21-8-5-19(25)6-9-21/h4-9,16,22H,3,10-15H2,1-2H3. The zero-order valence-electron chi connectivity index (χ0n) is 18.8. The molecule has 0 bridgehead atoms. The van der Waals surface area contributed by atoms with E-state index in [1.807, 2.05) is 32.0 Å². The third-order valence-electron chi connectivity index (χ3n) is 6.52. The molecule has 2 aromatic carbocycles. The van der Waals surface area contributed by atoms with Gasteiger partial charge in [0, 0.05) is 38.4 Å². The Bertz CT molecular complexity index is 1170. The lowest BCUT2D eigenvalue weighted by Gasteiger charge is -2.24. The first-order valence-electron chi connectivity index (χ1n) is 11.1. The fourth-order valence-electron chi connectivity index (χ4n) is 4.39. The average molecular weight is 474 g/mol. The normalized spacial score (nSPS) is 20.2. The summed E-state index contributed by atoms with van der Waals surface area (Å²) in [6.07, 6.45) is 0.909. The number of hydrogen-bond acceptors (Lipinski definition) is 4. The Morgan fingerprint density at radius 2 is 1.67 bits per heavy atom. The highest BCUT2D eigenvalue weighted by Crippen LogP contribution is 2.28. The number of carbonyl (C=O) groups is 2. The lowest BCUT2D eigenvalue weighted by molar-refractivity contribution is -0.139. The summed E-state index contributed by atoms with van der Waals surface area (Å²) in [6, 6.07) is 10.6. The molecule has 0 aliphatic carbocycles. The van der Waals surface area contributed by atoms with E-state index in [0.717, 1.165) is 28.9 Å². The molecule has 4 rings (SSSR count). The van der Waals surface area contributed by atoms with Gasteiger partial charge in [-0.1, -0.05) is 6.07 Å². The van der Waals surface area contributed by atoms with E-state index in [-0.39, 0.29) is 36.3 Å². The van der Waals surface area contributed by atoms with Crippen molar-refractivity contribution in [1.82, 2.24) is 9.21 Å². The van der Waals surface area contributed by atoms with Crippen LogP contribution >= 0.6 is 0 Å². The molecule has 1 unspecified atom stereocenters. The molecule has 7 nitrogen and oxygen atoms in total. The number of benzene rings is 2. The van der Waals surface area contributed by atoms with Gasteiger partial charge in [0.05, 0.1) is 4.90 Å². The van der Waals surface area contributed by atoms with Gasteiger partial charge in [-0.05, 0) is 74.2 Å². The molecule has 0 radical (unpaired) electrons. The zero-order valence-corrected chi connectivity index (χ0v) is 19.6. The van der Waals surface area contributed by atoms with Crippen molar-refractivity contribution < 1.29 is 22.4 Å². The average Bonchev–Trinajstić information content (AvgIpc) is 3.00. The molecule has 2 heterocycles. The van der Waals surface area contributed by atoms with Gasteiger partial charge in [0.25, 0.3) is 0 Å². The van der Waals surface area contributed by atoms with Crippen molar-refractivity contribution in [3.8, 4) is 0 Å². The van der Waals surface area contributed by atoms with Gasteiger partial charge in [0.2, 0.25) is 21.8 Å². The summed E-state index contributed by atoms with van der Waals surface area (Å²) in [4.78, 5) is 29.5. The number of amides is 2. The fourth-order valence-corrected chi connectivity index (χ4v) is 5.86. The molecule has 2 amide bonds. The van der Waals surface area contributed by atoms with Crippen LogP contribution in [-0.4, -0.2) is 62.2 Å². The number of halogens is 1. The predicted octanol–water partition coefficient (Wildman–Crippen LogP) is 2.72. The molecule has 0 saturated carbocycles. The van der Waals surface area contributed by atoms with Gasteiger partial charge in [-0.2, -0.15) is 4.31 Å². The highest BCUT2D eigenvalue weighted by Gasteiger charge is 2.40. The second-order valence-corrected chi connectivity index (χ2v) is 10.6. The maximum absolute atomic E-state index is 13.2.